The molecule has 2 aliphatic rings. The van der Waals surface area contributed by atoms with Crippen LogP contribution in [-0.4, -0.2) is 62.4 Å². The van der Waals surface area contributed by atoms with E-state index in [1.165, 1.54) is 20.2 Å². The van der Waals surface area contributed by atoms with Crippen molar-refractivity contribution in [1.82, 2.24) is 24.1 Å². The number of anilines is 2. The fourth-order valence-electron chi connectivity index (χ4n) is 4.00. The fraction of sp³-hybridized carbons (Fsp3) is 0.400. The summed E-state index contributed by atoms with van der Waals surface area (Å²) in [6.45, 7) is 1.65. The molecule has 10 heteroatoms. The van der Waals surface area contributed by atoms with Gasteiger partial charge in [0.15, 0.2) is 17.2 Å². The molecular weight excluding hydrogens is 391 g/mol. The Morgan fingerprint density at radius 1 is 1.30 bits per heavy atom. The first-order chi connectivity index (χ1) is 14.5. The van der Waals surface area contributed by atoms with E-state index in [9.17, 15) is 14.0 Å². The first-order valence-electron chi connectivity index (χ1n) is 9.90. The molecule has 0 spiro atoms. The Morgan fingerprint density at radius 2 is 2.17 bits per heavy atom. The summed E-state index contributed by atoms with van der Waals surface area (Å²) in [6, 6.07) is 5.30. The molecule has 156 valence electrons. The van der Waals surface area contributed by atoms with Crippen LogP contribution >= 0.6 is 0 Å². The van der Waals surface area contributed by atoms with Gasteiger partial charge < -0.3 is 14.5 Å². The number of aromatic nitrogens is 4. The number of halogens is 1. The maximum absolute atomic E-state index is 13.7. The van der Waals surface area contributed by atoms with Crippen molar-refractivity contribution in [2.24, 2.45) is 7.05 Å². The minimum absolute atomic E-state index is 0.117. The first-order valence-corrected chi connectivity index (χ1v) is 9.90. The van der Waals surface area contributed by atoms with E-state index in [1.54, 1.807) is 19.3 Å². The van der Waals surface area contributed by atoms with Gasteiger partial charge in [-0.2, -0.15) is 5.10 Å². The van der Waals surface area contributed by atoms with Gasteiger partial charge in [-0.05, 0) is 25.0 Å². The second kappa shape index (κ2) is 7.12. The number of piperidine rings is 1. The van der Waals surface area contributed by atoms with Gasteiger partial charge in [0.05, 0.1) is 18.7 Å². The molecule has 9 nitrogen and oxygen atoms in total. The molecule has 0 radical (unpaired) electrons. The summed E-state index contributed by atoms with van der Waals surface area (Å²) in [4.78, 5) is 32.8. The molecule has 1 saturated heterocycles. The van der Waals surface area contributed by atoms with Crippen molar-refractivity contribution < 1.29 is 13.9 Å². The third-order valence-electron chi connectivity index (χ3n) is 5.52. The number of carbonyl (C=O) groups is 1. The number of amides is 1. The zero-order valence-corrected chi connectivity index (χ0v) is 16.5. The van der Waals surface area contributed by atoms with Gasteiger partial charge in [0.25, 0.3) is 5.91 Å². The maximum Gasteiger partial charge on any atom is 0.350 e. The fourth-order valence-corrected chi connectivity index (χ4v) is 4.00. The number of ether oxygens (including phenoxy) is 1. The SMILES string of the molecule is Cn1nc2cc(N3CCOc4cc(C(=O)N5CCC[C@@H](F)C5)cnc43)ccn2c1=O. The average Bonchev–Trinajstić information content (AvgIpc) is 3.05. The van der Waals surface area contributed by atoms with Crippen molar-refractivity contribution in [3.8, 4) is 5.75 Å². The summed E-state index contributed by atoms with van der Waals surface area (Å²) in [5.41, 5.74) is 1.52. The van der Waals surface area contributed by atoms with Gasteiger partial charge in [-0.1, -0.05) is 0 Å². The molecule has 0 saturated carbocycles. The Balaban J connectivity index is 1.46. The molecular formula is C20H21FN6O3. The summed E-state index contributed by atoms with van der Waals surface area (Å²) in [5.74, 6) is 0.851. The number of nitrogens with zero attached hydrogens (tertiary/aromatic N) is 6. The van der Waals surface area contributed by atoms with Gasteiger partial charge in [-0.25, -0.2) is 18.9 Å². The van der Waals surface area contributed by atoms with Crippen LogP contribution in [0.15, 0.2) is 35.4 Å². The normalized spacial score (nSPS) is 18.9. The summed E-state index contributed by atoms with van der Waals surface area (Å²) in [5, 5.41) is 4.23. The molecule has 30 heavy (non-hydrogen) atoms. The number of rotatable bonds is 2. The Labute approximate surface area is 171 Å². The van der Waals surface area contributed by atoms with Crippen LogP contribution < -0.4 is 15.3 Å². The van der Waals surface area contributed by atoms with Gasteiger partial charge in [-0.15, -0.1) is 0 Å². The van der Waals surface area contributed by atoms with Crippen LogP contribution in [-0.2, 0) is 7.05 Å². The molecule has 0 N–H and O–H groups in total. The lowest BCUT2D eigenvalue weighted by Gasteiger charge is -2.31. The molecule has 2 aliphatic heterocycles. The van der Waals surface area contributed by atoms with Crippen LogP contribution in [0.25, 0.3) is 5.65 Å². The number of pyridine rings is 2. The molecule has 5 heterocycles. The number of likely N-dealkylation sites (tertiary alicyclic amines) is 1. The van der Waals surface area contributed by atoms with E-state index >= 15 is 0 Å². The van der Waals surface area contributed by atoms with Crippen LogP contribution in [0.2, 0.25) is 0 Å². The number of fused-ring (bicyclic) bond motifs is 2. The van der Waals surface area contributed by atoms with Gasteiger partial charge in [0, 0.05) is 37.7 Å². The standard InChI is InChI=1S/C20H21FN6O3/c1-24-20(29)27-6-4-15(10-17(27)23-24)26-7-8-30-16-9-13(11-22-18(16)26)19(28)25-5-2-3-14(21)12-25/h4,6,9-11,14H,2-3,5,7-8,12H2,1H3/t14-/m1/s1. The molecule has 1 amide bonds. The number of hydrogen-bond acceptors (Lipinski definition) is 6. The summed E-state index contributed by atoms with van der Waals surface area (Å²) >= 11 is 0. The van der Waals surface area contributed by atoms with Crippen LogP contribution in [0.4, 0.5) is 15.9 Å². The number of hydrogen-bond donors (Lipinski definition) is 0. The molecule has 0 aliphatic carbocycles. The van der Waals surface area contributed by atoms with Crippen molar-refractivity contribution >= 4 is 23.1 Å². The van der Waals surface area contributed by atoms with Crippen LogP contribution in [0.5, 0.6) is 5.75 Å². The second-order valence-electron chi connectivity index (χ2n) is 7.56. The van der Waals surface area contributed by atoms with E-state index in [4.69, 9.17) is 4.74 Å². The van der Waals surface area contributed by atoms with Crippen molar-refractivity contribution in [3.05, 3.63) is 46.6 Å². The van der Waals surface area contributed by atoms with Crippen molar-refractivity contribution in [2.45, 2.75) is 19.0 Å². The van der Waals surface area contributed by atoms with Crippen LogP contribution in [0.1, 0.15) is 23.2 Å². The van der Waals surface area contributed by atoms with Crippen molar-refractivity contribution in [3.63, 3.8) is 0 Å². The lowest BCUT2D eigenvalue weighted by Crippen LogP contribution is -2.40. The third-order valence-corrected chi connectivity index (χ3v) is 5.52. The monoisotopic (exact) mass is 412 g/mol. The first kappa shape index (κ1) is 18.6. The Bertz CT molecular complexity index is 1190. The van der Waals surface area contributed by atoms with E-state index in [0.29, 0.717) is 55.3 Å². The van der Waals surface area contributed by atoms with Crippen LogP contribution in [0, 0.1) is 0 Å². The van der Waals surface area contributed by atoms with Gasteiger partial charge in [0.1, 0.15) is 12.8 Å². The van der Waals surface area contributed by atoms with Crippen molar-refractivity contribution in [1.29, 1.82) is 0 Å². The number of aryl methyl sites for hydroxylation is 1. The molecule has 0 aromatic carbocycles. The molecule has 1 fully saturated rings. The van der Waals surface area contributed by atoms with Crippen molar-refractivity contribution in [2.75, 3.05) is 31.1 Å². The highest BCUT2D eigenvalue weighted by atomic mass is 19.1. The van der Waals surface area contributed by atoms with E-state index in [-0.39, 0.29) is 18.1 Å². The largest absolute Gasteiger partial charge is 0.488 e. The zero-order chi connectivity index (χ0) is 20.8. The topological polar surface area (TPSA) is 85.0 Å². The summed E-state index contributed by atoms with van der Waals surface area (Å²) < 4.78 is 22.2. The number of carbonyl (C=O) groups excluding carboxylic acids is 1. The van der Waals surface area contributed by atoms with Crippen LogP contribution in [0.3, 0.4) is 0 Å². The average molecular weight is 412 g/mol. The molecule has 1 atom stereocenters. The highest BCUT2D eigenvalue weighted by Gasteiger charge is 2.27. The maximum atomic E-state index is 13.7. The quantitative estimate of drug-likeness (QED) is 0.635. The molecule has 0 bridgehead atoms. The minimum atomic E-state index is -0.978. The molecule has 5 rings (SSSR count). The highest BCUT2D eigenvalue weighted by Crippen LogP contribution is 2.35. The minimum Gasteiger partial charge on any atom is -0.488 e. The lowest BCUT2D eigenvalue weighted by molar-refractivity contribution is 0.0635. The van der Waals surface area contributed by atoms with E-state index in [0.717, 1.165) is 5.69 Å². The zero-order valence-electron chi connectivity index (χ0n) is 16.5. The van der Waals surface area contributed by atoms with E-state index in [2.05, 4.69) is 10.1 Å². The molecule has 3 aromatic rings. The molecule has 3 aromatic heterocycles. The predicted molar refractivity (Wildman–Crippen MR) is 107 cm³/mol. The predicted octanol–water partition coefficient (Wildman–Crippen LogP) is 1.53. The third kappa shape index (κ3) is 3.08. The van der Waals surface area contributed by atoms with Gasteiger partial charge in [-0.3, -0.25) is 9.20 Å². The lowest BCUT2D eigenvalue weighted by atomic mass is 10.1. The number of alkyl halides is 1. The second-order valence-corrected chi connectivity index (χ2v) is 7.56. The van der Waals surface area contributed by atoms with E-state index < -0.39 is 6.17 Å². The molecule has 0 unspecified atom stereocenters. The van der Waals surface area contributed by atoms with Gasteiger partial charge in [0.2, 0.25) is 0 Å². The Hall–Kier alpha value is -3.43. The van der Waals surface area contributed by atoms with E-state index in [1.807, 2.05) is 17.0 Å². The Morgan fingerprint density at radius 3 is 3.00 bits per heavy atom. The van der Waals surface area contributed by atoms with Gasteiger partial charge >= 0.3 is 5.69 Å². The summed E-state index contributed by atoms with van der Waals surface area (Å²) in [7, 11) is 1.60. The highest BCUT2D eigenvalue weighted by molar-refractivity contribution is 5.95. The smallest absolute Gasteiger partial charge is 0.350 e. The Kier molecular flexibility index (Phi) is 4.41. The summed E-state index contributed by atoms with van der Waals surface area (Å²) in [6.07, 6.45) is 3.37.